The van der Waals surface area contributed by atoms with Gasteiger partial charge in [0.25, 0.3) is 0 Å². The van der Waals surface area contributed by atoms with Crippen LogP contribution in [0.25, 0.3) is 0 Å². The maximum absolute atomic E-state index is 4.77. The van der Waals surface area contributed by atoms with Crippen molar-refractivity contribution in [2.75, 3.05) is 0 Å². The third kappa shape index (κ3) is 1.76. The summed E-state index contributed by atoms with van der Waals surface area (Å²) in [5.41, 5.74) is 2.55. The van der Waals surface area contributed by atoms with Crippen LogP contribution in [0.5, 0.6) is 0 Å². The zero-order valence-corrected chi connectivity index (χ0v) is 10.6. The van der Waals surface area contributed by atoms with Gasteiger partial charge < -0.3 is 0 Å². The quantitative estimate of drug-likeness (QED) is 0.741. The maximum Gasteiger partial charge on any atom is 0.0896 e. The first-order valence-electron chi connectivity index (χ1n) is 6.45. The summed E-state index contributed by atoms with van der Waals surface area (Å²) in [6.45, 7) is 2.24. The molecule has 0 amide bonds. The molecule has 18 heavy (non-hydrogen) atoms. The van der Waals surface area contributed by atoms with Gasteiger partial charge in [-0.15, -0.1) is 0 Å². The van der Waals surface area contributed by atoms with Crippen LogP contribution >= 0.6 is 0 Å². The van der Waals surface area contributed by atoms with Crippen molar-refractivity contribution < 1.29 is 0 Å². The van der Waals surface area contributed by atoms with E-state index in [0.29, 0.717) is 5.92 Å². The van der Waals surface area contributed by atoms with Gasteiger partial charge in [0.1, 0.15) is 0 Å². The van der Waals surface area contributed by atoms with Crippen LogP contribution in [0.2, 0.25) is 0 Å². The van der Waals surface area contributed by atoms with Crippen LogP contribution in [0.4, 0.5) is 0 Å². The number of hydrogen-bond donors (Lipinski definition) is 0. The van der Waals surface area contributed by atoms with Crippen molar-refractivity contribution in [2.24, 2.45) is 4.99 Å². The lowest BCUT2D eigenvalue weighted by molar-refractivity contribution is 0.429. The normalized spacial score (nSPS) is 26.4. The fourth-order valence-electron chi connectivity index (χ4n) is 2.86. The van der Waals surface area contributed by atoms with Crippen molar-refractivity contribution in [3.8, 4) is 0 Å². The first-order chi connectivity index (χ1) is 8.81. The Bertz CT molecular complexity index is 544. The van der Waals surface area contributed by atoms with Crippen LogP contribution in [-0.4, -0.2) is 6.21 Å². The summed E-state index contributed by atoms with van der Waals surface area (Å²) in [6.07, 6.45) is 3.10. The van der Waals surface area contributed by atoms with Gasteiger partial charge in [-0.1, -0.05) is 60.7 Å². The summed E-state index contributed by atoms with van der Waals surface area (Å²) in [5, 5.41) is 0. The van der Waals surface area contributed by atoms with Crippen LogP contribution in [0.15, 0.2) is 65.7 Å². The van der Waals surface area contributed by atoms with E-state index < -0.39 is 0 Å². The van der Waals surface area contributed by atoms with E-state index in [0.717, 1.165) is 6.42 Å². The highest BCUT2D eigenvalue weighted by Crippen LogP contribution is 2.45. The highest BCUT2D eigenvalue weighted by Gasteiger charge is 2.38. The molecular weight excluding hydrogens is 218 g/mol. The Balaban J connectivity index is 2.03. The minimum absolute atomic E-state index is 0.122. The second-order valence-electron chi connectivity index (χ2n) is 5.02. The molecule has 0 bridgehead atoms. The standard InChI is InChI=1S/C17H17N/c1-17(15-10-6-3-7-11-15)16(12-13-18-17)14-8-4-2-5-9-14/h2-11,13,16H,12H2,1H3. The van der Waals surface area contributed by atoms with E-state index >= 15 is 0 Å². The van der Waals surface area contributed by atoms with E-state index in [1.165, 1.54) is 11.1 Å². The van der Waals surface area contributed by atoms with Crippen molar-refractivity contribution in [1.82, 2.24) is 0 Å². The fraction of sp³-hybridized carbons (Fsp3) is 0.235. The number of hydrogen-bond acceptors (Lipinski definition) is 1. The molecule has 0 aromatic heterocycles. The van der Waals surface area contributed by atoms with Crippen molar-refractivity contribution in [2.45, 2.75) is 24.8 Å². The van der Waals surface area contributed by atoms with Gasteiger partial charge in [-0.05, 0) is 24.5 Å². The predicted molar refractivity (Wildman–Crippen MR) is 76.1 cm³/mol. The molecule has 1 aliphatic rings. The zero-order valence-electron chi connectivity index (χ0n) is 10.6. The second-order valence-corrected chi connectivity index (χ2v) is 5.02. The van der Waals surface area contributed by atoms with Crippen molar-refractivity contribution in [1.29, 1.82) is 0 Å². The first-order valence-corrected chi connectivity index (χ1v) is 6.45. The van der Waals surface area contributed by atoms with E-state index in [2.05, 4.69) is 73.8 Å². The average Bonchev–Trinajstić information content (AvgIpc) is 2.84. The lowest BCUT2D eigenvalue weighted by atomic mass is 9.77. The van der Waals surface area contributed by atoms with Gasteiger partial charge in [0.15, 0.2) is 0 Å². The minimum Gasteiger partial charge on any atom is -0.286 e. The number of aliphatic imine (C=N–C) groups is 1. The van der Waals surface area contributed by atoms with Crippen LogP contribution < -0.4 is 0 Å². The number of rotatable bonds is 2. The minimum atomic E-state index is -0.122. The number of benzene rings is 2. The summed E-state index contributed by atoms with van der Waals surface area (Å²) in [6, 6.07) is 21.3. The van der Waals surface area contributed by atoms with Crippen LogP contribution in [-0.2, 0) is 5.54 Å². The molecule has 1 aliphatic heterocycles. The molecule has 3 rings (SSSR count). The molecule has 1 nitrogen and oxygen atoms in total. The molecule has 90 valence electrons. The van der Waals surface area contributed by atoms with Gasteiger partial charge >= 0.3 is 0 Å². The monoisotopic (exact) mass is 235 g/mol. The summed E-state index contributed by atoms with van der Waals surface area (Å²) < 4.78 is 0. The van der Waals surface area contributed by atoms with Crippen molar-refractivity contribution in [3.05, 3.63) is 71.8 Å². The SMILES string of the molecule is CC1(c2ccccc2)N=CCC1c1ccccc1. The molecule has 2 unspecified atom stereocenters. The Morgan fingerprint density at radius 1 is 0.944 bits per heavy atom. The number of nitrogens with zero attached hydrogens (tertiary/aromatic N) is 1. The maximum atomic E-state index is 4.77. The summed E-state index contributed by atoms with van der Waals surface area (Å²) >= 11 is 0. The van der Waals surface area contributed by atoms with Gasteiger partial charge in [-0.3, -0.25) is 4.99 Å². The van der Waals surface area contributed by atoms with E-state index in [4.69, 9.17) is 4.99 Å². The highest BCUT2D eigenvalue weighted by molar-refractivity contribution is 5.65. The molecule has 1 heteroatoms. The molecule has 0 spiro atoms. The molecule has 0 N–H and O–H groups in total. The molecule has 0 saturated heterocycles. The Morgan fingerprint density at radius 3 is 2.22 bits per heavy atom. The third-order valence-corrected chi connectivity index (χ3v) is 3.94. The molecule has 0 saturated carbocycles. The van der Waals surface area contributed by atoms with E-state index in [-0.39, 0.29) is 5.54 Å². The fourth-order valence-corrected chi connectivity index (χ4v) is 2.86. The summed E-state index contributed by atoms with van der Waals surface area (Å²) in [5.74, 6) is 0.445. The molecule has 0 aliphatic carbocycles. The van der Waals surface area contributed by atoms with Gasteiger partial charge in [0, 0.05) is 12.1 Å². The molecular formula is C17H17N. The lowest BCUT2D eigenvalue weighted by Crippen LogP contribution is -2.24. The summed E-state index contributed by atoms with van der Waals surface area (Å²) in [4.78, 5) is 4.77. The second kappa shape index (κ2) is 4.41. The highest BCUT2D eigenvalue weighted by atomic mass is 14.9. The molecule has 2 atom stereocenters. The van der Waals surface area contributed by atoms with Gasteiger partial charge in [0.05, 0.1) is 5.54 Å². The van der Waals surface area contributed by atoms with Gasteiger partial charge in [-0.25, -0.2) is 0 Å². The lowest BCUT2D eigenvalue weighted by Gasteiger charge is -2.30. The molecule has 2 aromatic rings. The van der Waals surface area contributed by atoms with Crippen LogP contribution in [0.3, 0.4) is 0 Å². The Hall–Kier alpha value is -1.89. The predicted octanol–water partition coefficient (Wildman–Crippen LogP) is 4.16. The molecule has 2 aromatic carbocycles. The van der Waals surface area contributed by atoms with Gasteiger partial charge in [0.2, 0.25) is 0 Å². The Labute approximate surface area is 108 Å². The van der Waals surface area contributed by atoms with E-state index in [9.17, 15) is 0 Å². The molecule has 0 fully saturated rings. The third-order valence-electron chi connectivity index (χ3n) is 3.94. The molecule has 1 heterocycles. The van der Waals surface area contributed by atoms with E-state index in [1.807, 2.05) is 0 Å². The Kier molecular flexibility index (Phi) is 2.75. The summed E-state index contributed by atoms with van der Waals surface area (Å²) in [7, 11) is 0. The van der Waals surface area contributed by atoms with Crippen molar-refractivity contribution in [3.63, 3.8) is 0 Å². The Morgan fingerprint density at radius 2 is 1.56 bits per heavy atom. The van der Waals surface area contributed by atoms with E-state index in [1.54, 1.807) is 0 Å². The van der Waals surface area contributed by atoms with Crippen LogP contribution in [0, 0.1) is 0 Å². The first kappa shape index (κ1) is 11.2. The largest absolute Gasteiger partial charge is 0.286 e. The zero-order chi connectivity index (χ0) is 12.4. The van der Waals surface area contributed by atoms with Crippen LogP contribution in [0.1, 0.15) is 30.4 Å². The van der Waals surface area contributed by atoms with Crippen molar-refractivity contribution >= 4 is 6.21 Å². The molecule has 0 radical (unpaired) electrons. The topological polar surface area (TPSA) is 12.4 Å². The average molecular weight is 235 g/mol. The smallest absolute Gasteiger partial charge is 0.0896 e. The van der Waals surface area contributed by atoms with Gasteiger partial charge in [-0.2, -0.15) is 0 Å².